The zero-order valence-corrected chi connectivity index (χ0v) is 9.10. The van der Waals surface area contributed by atoms with Gasteiger partial charge in [-0.15, -0.1) is 6.58 Å². The predicted octanol–water partition coefficient (Wildman–Crippen LogP) is 2.88. The third-order valence-corrected chi connectivity index (χ3v) is 6.18. The highest BCUT2D eigenvalue weighted by molar-refractivity contribution is 6.79. The van der Waals surface area contributed by atoms with E-state index in [1.54, 1.807) is 0 Å². The molecule has 68 valence electrons. The number of hydrogen-bond donors (Lipinski definition) is 0. The molecule has 2 atom stereocenters. The van der Waals surface area contributed by atoms with E-state index in [2.05, 4.69) is 19.7 Å². The molecule has 1 heterocycles. The fourth-order valence-electron chi connectivity index (χ4n) is 2.54. The summed E-state index contributed by atoms with van der Waals surface area (Å²) in [4.78, 5) is 0. The molecular weight excluding hydrogens is 164 g/mol. The molecule has 1 saturated heterocycles. The van der Waals surface area contributed by atoms with E-state index in [1.165, 1.54) is 30.9 Å². The van der Waals surface area contributed by atoms with Gasteiger partial charge in [-0.25, -0.2) is 0 Å². The van der Waals surface area contributed by atoms with Crippen LogP contribution in [0, 0.1) is 5.92 Å². The van der Waals surface area contributed by atoms with Crippen molar-refractivity contribution in [3.05, 3.63) is 11.8 Å². The van der Waals surface area contributed by atoms with Gasteiger partial charge in [0.25, 0.3) is 0 Å². The lowest BCUT2D eigenvalue weighted by atomic mass is 9.87. The Morgan fingerprint density at radius 2 is 2.00 bits per heavy atom. The Kier molecular flexibility index (Phi) is 1.92. The smallest absolute Gasteiger partial charge is 0.214 e. The standard InChI is InChI=1S/C10H18OSi/c1-8-9-6-4-5-7-10(9)11-12(8,2)3/h9-10H,1,4-7H2,2-3H3. The third kappa shape index (κ3) is 1.17. The first-order chi connectivity index (χ1) is 5.61. The van der Waals surface area contributed by atoms with Crippen LogP contribution in [-0.4, -0.2) is 14.4 Å². The molecule has 0 radical (unpaired) electrons. The quantitative estimate of drug-likeness (QED) is 0.523. The van der Waals surface area contributed by atoms with Crippen LogP contribution in [0.15, 0.2) is 11.8 Å². The first-order valence-electron chi connectivity index (χ1n) is 4.98. The fraction of sp³-hybridized carbons (Fsp3) is 0.800. The van der Waals surface area contributed by atoms with Gasteiger partial charge in [0, 0.05) is 5.92 Å². The van der Waals surface area contributed by atoms with Gasteiger partial charge in [0.05, 0.1) is 6.10 Å². The van der Waals surface area contributed by atoms with E-state index >= 15 is 0 Å². The lowest BCUT2D eigenvalue weighted by molar-refractivity contribution is 0.139. The van der Waals surface area contributed by atoms with Crippen LogP contribution in [0.3, 0.4) is 0 Å². The van der Waals surface area contributed by atoms with Crippen molar-refractivity contribution in [2.45, 2.75) is 44.9 Å². The summed E-state index contributed by atoms with van der Waals surface area (Å²) in [5.74, 6) is 0.723. The van der Waals surface area contributed by atoms with Crippen LogP contribution in [-0.2, 0) is 4.43 Å². The molecule has 1 aliphatic carbocycles. The van der Waals surface area contributed by atoms with Crippen LogP contribution in [0.2, 0.25) is 13.1 Å². The summed E-state index contributed by atoms with van der Waals surface area (Å²) in [7, 11) is -1.47. The van der Waals surface area contributed by atoms with E-state index in [0.29, 0.717) is 6.10 Å². The molecule has 1 aliphatic heterocycles. The summed E-state index contributed by atoms with van der Waals surface area (Å²) in [6.45, 7) is 8.80. The Morgan fingerprint density at radius 3 is 2.67 bits per heavy atom. The Hall–Kier alpha value is -0.0831. The van der Waals surface area contributed by atoms with Gasteiger partial charge in [0.15, 0.2) is 0 Å². The van der Waals surface area contributed by atoms with Crippen molar-refractivity contribution in [3.8, 4) is 0 Å². The number of hydrogen-bond acceptors (Lipinski definition) is 1. The minimum atomic E-state index is -1.47. The highest BCUT2D eigenvalue weighted by atomic mass is 28.4. The molecule has 0 amide bonds. The molecule has 0 aromatic rings. The highest BCUT2D eigenvalue weighted by Gasteiger charge is 2.45. The van der Waals surface area contributed by atoms with Gasteiger partial charge >= 0.3 is 0 Å². The van der Waals surface area contributed by atoms with Crippen LogP contribution in [0.1, 0.15) is 25.7 Å². The summed E-state index contributed by atoms with van der Waals surface area (Å²) < 4.78 is 6.10. The van der Waals surface area contributed by atoms with E-state index in [4.69, 9.17) is 4.43 Å². The normalized spacial score (nSPS) is 39.7. The van der Waals surface area contributed by atoms with Gasteiger partial charge in [-0.2, -0.15) is 0 Å². The summed E-state index contributed by atoms with van der Waals surface area (Å²) in [5, 5.41) is 1.47. The van der Waals surface area contributed by atoms with E-state index in [1.807, 2.05) is 0 Å². The largest absolute Gasteiger partial charge is 0.410 e. The van der Waals surface area contributed by atoms with Gasteiger partial charge in [0.2, 0.25) is 8.32 Å². The average Bonchev–Trinajstić information content (AvgIpc) is 2.24. The maximum atomic E-state index is 6.10. The topological polar surface area (TPSA) is 9.23 Å². The first-order valence-corrected chi connectivity index (χ1v) is 7.89. The van der Waals surface area contributed by atoms with Crippen molar-refractivity contribution < 1.29 is 4.43 Å². The summed E-state index contributed by atoms with van der Waals surface area (Å²) in [6, 6.07) is 0. The van der Waals surface area contributed by atoms with Crippen molar-refractivity contribution in [1.29, 1.82) is 0 Å². The molecule has 1 nitrogen and oxygen atoms in total. The van der Waals surface area contributed by atoms with Gasteiger partial charge < -0.3 is 4.43 Å². The molecular formula is C10H18OSi. The van der Waals surface area contributed by atoms with Crippen molar-refractivity contribution in [2.75, 3.05) is 0 Å². The van der Waals surface area contributed by atoms with Gasteiger partial charge in [-0.1, -0.05) is 18.0 Å². The number of rotatable bonds is 0. The van der Waals surface area contributed by atoms with E-state index in [9.17, 15) is 0 Å². The minimum absolute atomic E-state index is 0.549. The third-order valence-electron chi connectivity index (χ3n) is 3.37. The maximum Gasteiger partial charge on any atom is 0.214 e. The van der Waals surface area contributed by atoms with Gasteiger partial charge in [0.1, 0.15) is 0 Å². The van der Waals surface area contributed by atoms with Crippen molar-refractivity contribution in [1.82, 2.24) is 0 Å². The average molecular weight is 182 g/mol. The molecule has 2 fully saturated rings. The van der Waals surface area contributed by atoms with Crippen LogP contribution in [0.4, 0.5) is 0 Å². The molecule has 1 saturated carbocycles. The van der Waals surface area contributed by atoms with Crippen LogP contribution in [0.25, 0.3) is 0 Å². The Labute approximate surface area is 75.9 Å². The van der Waals surface area contributed by atoms with Crippen molar-refractivity contribution in [2.24, 2.45) is 5.92 Å². The second kappa shape index (κ2) is 2.71. The molecule has 2 aliphatic rings. The summed E-state index contributed by atoms with van der Waals surface area (Å²) in [6.07, 6.45) is 5.90. The maximum absolute atomic E-state index is 6.10. The van der Waals surface area contributed by atoms with E-state index in [-0.39, 0.29) is 0 Å². The van der Waals surface area contributed by atoms with E-state index < -0.39 is 8.32 Å². The van der Waals surface area contributed by atoms with Crippen LogP contribution in [0.5, 0.6) is 0 Å². The van der Waals surface area contributed by atoms with Crippen LogP contribution >= 0.6 is 0 Å². The Morgan fingerprint density at radius 1 is 1.33 bits per heavy atom. The fourth-order valence-corrected chi connectivity index (χ4v) is 4.95. The zero-order valence-electron chi connectivity index (χ0n) is 8.10. The molecule has 2 unspecified atom stereocenters. The van der Waals surface area contributed by atoms with Gasteiger partial charge in [-0.05, 0) is 25.9 Å². The van der Waals surface area contributed by atoms with E-state index in [0.717, 1.165) is 5.92 Å². The summed E-state index contributed by atoms with van der Waals surface area (Å²) in [5.41, 5.74) is 0. The number of fused-ring (bicyclic) bond motifs is 1. The predicted molar refractivity (Wildman–Crippen MR) is 53.5 cm³/mol. The zero-order chi connectivity index (χ0) is 8.77. The second-order valence-corrected chi connectivity index (χ2v) is 8.48. The second-order valence-electron chi connectivity index (χ2n) is 4.58. The monoisotopic (exact) mass is 182 g/mol. The molecule has 12 heavy (non-hydrogen) atoms. The molecule has 0 bridgehead atoms. The molecule has 0 N–H and O–H groups in total. The molecule has 0 aromatic carbocycles. The Balaban J connectivity index is 2.19. The summed E-state index contributed by atoms with van der Waals surface area (Å²) >= 11 is 0. The van der Waals surface area contributed by atoms with Crippen LogP contribution < -0.4 is 0 Å². The minimum Gasteiger partial charge on any atom is -0.410 e. The molecule has 2 rings (SSSR count). The highest BCUT2D eigenvalue weighted by Crippen LogP contribution is 2.43. The lowest BCUT2D eigenvalue weighted by Gasteiger charge is -2.24. The molecule has 0 aromatic heterocycles. The lowest BCUT2D eigenvalue weighted by Crippen LogP contribution is -2.27. The van der Waals surface area contributed by atoms with Crippen molar-refractivity contribution in [3.63, 3.8) is 0 Å². The van der Waals surface area contributed by atoms with Crippen molar-refractivity contribution >= 4 is 8.32 Å². The molecule has 2 heteroatoms. The van der Waals surface area contributed by atoms with Gasteiger partial charge in [-0.3, -0.25) is 0 Å². The molecule has 0 spiro atoms. The Bertz CT molecular complexity index is 210. The SMILES string of the molecule is C=C1C2CCCCC2O[Si]1(C)C. The first kappa shape index (κ1) is 8.51.